The number of H-pyrrole nitrogens is 1. The van der Waals surface area contributed by atoms with E-state index in [4.69, 9.17) is 16.3 Å². The molecule has 128 valence electrons. The number of para-hydroxylation sites is 1. The third kappa shape index (κ3) is 6.61. The lowest BCUT2D eigenvalue weighted by Gasteiger charge is -2.03. The number of aromatic amines is 1. The first-order chi connectivity index (χ1) is 12.2. The van der Waals surface area contributed by atoms with Crippen molar-refractivity contribution in [2.75, 3.05) is 0 Å². The van der Waals surface area contributed by atoms with Crippen molar-refractivity contribution in [1.29, 1.82) is 0 Å². The van der Waals surface area contributed by atoms with Crippen LogP contribution in [0.3, 0.4) is 0 Å². The minimum Gasteiger partial charge on any atom is -0.487 e. The smallest absolute Gasteiger partial charge is 0.130 e. The molecule has 0 unspecified atom stereocenters. The molecule has 1 N–H and O–H groups in total. The highest BCUT2D eigenvalue weighted by Crippen LogP contribution is 2.11. The van der Waals surface area contributed by atoms with E-state index in [0.29, 0.717) is 11.8 Å². The molecule has 0 fully saturated rings. The van der Waals surface area contributed by atoms with Crippen molar-refractivity contribution < 1.29 is 4.74 Å². The van der Waals surface area contributed by atoms with Gasteiger partial charge in [-0.2, -0.15) is 0 Å². The third-order valence-corrected chi connectivity index (χ3v) is 3.38. The number of aliphatic imine (C=N–C) groups is 1. The van der Waals surface area contributed by atoms with E-state index < -0.39 is 0 Å². The second-order valence-corrected chi connectivity index (χ2v) is 5.40. The number of benzene rings is 1. The van der Waals surface area contributed by atoms with E-state index in [1.165, 1.54) is 6.08 Å². The van der Waals surface area contributed by atoms with Gasteiger partial charge in [0.1, 0.15) is 17.5 Å². The number of aromatic nitrogens is 3. The van der Waals surface area contributed by atoms with E-state index in [1.807, 2.05) is 37.3 Å². The van der Waals surface area contributed by atoms with Gasteiger partial charge in [0.25, 0.3) is 0 Å². The normalized spacial score (nSPS) is 11.6. The molecule has 2 rings (SSSR count). The van der Waals surface area contributed by atoms with Crippen molar-refractivity contribution in [3.05, 3.63) is 85.4 Å². The van der Waals surface area contributed by atoms with Crippen LogP contribution in [0.1, 0.15) is 18.2 Å². The van der Waals surface area contributed by atoms with Gasteiger partial charge in [-0.15, -0.1) is 0 Å². The van der Waals surface area contributed by atoms with Crippen LogP contribution < -0.4 is 4.74 Å². The van der Waals surface area contributed by atoms with Crippen molar-refractivity contribution in [3.63, 3.8) is 0 Å². The number of hydrogen-bond donors (Lipinski definition) is 1. The van der Waals surface area contributed by atoms with Gasteiger partial charge in [-0.3, -0.25) is 4.98 Å². The molecule has 0 aliphatic heterocycles. The van der Waals surface area contributed by atoms with Gasteiger partial charge < -0.3 is 9.72 Å². The Hall–Kier alpha value is -2.92. The maximum Gasteiger partial charge on any atom is 0.130 e. The van der Waals surface area contributed by atoms with E-state index in [9.17, 15) is 0 Å². The Morgan fingerprint density at radius 1 is 1.24 bits per heavy atom. The molecule has 5 nitrogen and oxygen atoms in total. The van der Waals surface area contributed by atoms with Crippen LogP contribution in [0, 0.1) is 0 Å². The molecule has 0 atom stereocenters. The van der Waals surface area contributed by atoms with Gasteiger partial charge in [0.2, 0.25) is 0 Å². The second kappa shape index (κ2) is 10.1. The average molecular weight is 355 g/mol. The summed E-state index contributed by atoms with van der Waals surface area (Å²) in [5.74, 6) is 0.792. The Kier molecular flexibility index (Phi) is 7.41. The summed E-state index contributed by atoms with van der Waals surface area (Å²) < 4.78 is 5.70. The molecule has 0 amide bonds. The van der Waals surface area contributed by atoms with Gasteiger partial charge in [0.05, 0.1) is 12.0 Å². The Morgan fingerprint density at radius 2 is 2.00 bits per heavy atom. The van der Waals surface area contributed by atoms with Gasteiger partial charge >= 0.3 is 0 Å². The number of rotatable bonds is 6. The molecular weight excluding hydrogens is 336 g/mol. The first kappa shape index (κ1) is 18.4. The van der Waals surface area contributed by atoms with Crippen LogP contribution >= 0.6 is 11.6 Å². The summed E-state index contributed by atoms with van der Waals surface area (Å²) >= 11 is 5.81. The number of ether oxygens (including phenoxy) is 1. The predicted octanol–water partition coefficient (Wildman–Crippen LogP) is 4.69. The van der Waals surface area contributed by atoms with Gasteiger partial charge in [-0.05, 0) is 30.7 Å². The topological polar surface area (TPSA) is 63.2 Å². The molecule has 1 heterocycles. The molecule has 0 radical (unpaired) electrons. The number of nitrogens with one attached hydrogen (secondary N) is 1. The summed E-state index contributed by atoms with van der Waals surface area (Å²) in [5.41, 5.74) is 2.47. The highest BCUT2D eigenvalue weighted by atomic mass is 35.5. The van der Waals surface area contributed by atoms with Crippen molar-refractivity contribution in [2.45, 2.75) is 13.5 Å². The fourth-order valence-electron chi connectivity index (χ4n) is 1.76. The van der Waals surface area contributed by atoms with E-state index in [1.54, 1.807) is 31.1 Å². The highest BCUT2D eigenvalue weighted by molar-refractivity contribution is 6.68. The van der Waals surface area contributed by atoms with E-state index in [-0.39, 0.29) is 0 Å². The van der Waals surface area contributed by atoms with Crippen LogP contribution in [0.4, 0.5) is 0 Å². The molecular formula is C19H19ClN4O. The van der Waals surface area contributed by atoms with E-state index in [0.717, 1.165) is 22.6 Å². The zero-order valence-electron chi connectivity index (χ0n) is 13.9. The Balaban J connectivity index is 2.16. The maximum atomic E-state index is 5.81. The van der Waals surface area contributed by atoms with E-state index in [2.05, 4.69) is 26.5 Å². The number of halogens is 1. The summed E-state index contributed by atoms with van der Waals surface area (Å²) in [6, 6.07) is 9.58. The van der Waals surface area contributed by atoms with Crippen molar-refractivity contribution >= 4 is 22.3 Å². The van der Waals surface area contributed by atoms with Gasteiger partial charge in [-0.1, -0.05) is 36.4 Å². The van der Waals surface area contributed by atoms with Crippen molar-refractivity contribution in [3.8, 4) is 5.75 Å². The lowest BCUT2D eigenvalue weighted by Crippen LogP contribution is -1.96. The molecule has 0 aliphatic rings. The molecule has 0 saturated carbocycles. The summed E-state index contributed by atoms with van der Waals surface area (Å²) in [5, 5.41) is 0.324. The summed E-state index contributed by atoms with van der Waals surface area (Å²) in [6.45, 7) is 5.81. The van der Waals surface area contributed by atoms with Gasteiger partial charge in [0, 0.05) is 30.4 Å². The average Bonchev–Trinajstić information content (AvgIpc) is 2.77. The molecule has 25 heavy (non-hydrogen) atoms. The second-order valence-electron chi connectivity index (χ2n) is 5.01. The first-order valence-corrected chi connectivity index (χ1v) is 7.98. The Labute approximate surface area is 152 Å². The molecule has 0 saturated heterocycles. The van der Waals surface area contributed by atoms with Gasteiger partial charge in [-0.25, -0.2) is 9.98 Å². The van der Waals surface area contributed by atoms with Gasteiger partial charge in [0.15, 0.2) is 0 Å². The summed E-state index contributed by atoms with van der Waals surface area (Å²) in [6.07, 6.45) is 9.79. The van der Waals surface area contributed by atoms with Crippen molar-refractivity contribution in [1.82, 2.24) is 15.0 Å². The highest BCUT2D eigenvalue weighted by Gasteiger charge is 1.96. The van der Waals surface area contributed by atoms with Crippen molar-refractivity contribution in [2.24, 2.45) is 4.99 Å². The maximum absolute atomic E-state index is 5.81. The molecule has 2 aromatic rings. The number of nitrogens with zero attached hydrogens (tertiary/aromatic N) is 3. The first-order valence-electron chi connectivity index (χ1n) is 7.60. The van der Waals surface area contributed by atoms with Crippen LogP contribution in [0.2, 0.25) is 0 Å². The minimum atomic E-state index is 0.324. The third-order valence-electron chi connectivity index (χ3n) is 3.12. The largest absolute Gasteiger partial charge is 0.487 e. The van der Waals surface area contributed by atoms with Crippen LogP contribution in [0.25, 0.3) is 5.57 Å². The Bertz CT molecular complexity index is 811. The SMILES string of the molecule is C=CC(Cl)=N/C=C(\C)c1cnc[nH]c(COc2ccccc2)cnc1. The van der Waals surface area contributed by atoms with E-state index >= 15 is 0 Å². The molecule has 0 aliphatic carbocycles. The quantitative estimate of drug-likeness (QED) is 0.765. The van der Waals surface area contributed by atoms with Crippen LogP contribution in [0.15, 0.2) is 79.1 Å². The molecule has 1 aromatic carbocycles. The fraction of sp³-hybridized carbons (Fsp3) is 0.105. The van der Waals surface area contributed by atoms with Crippen LogP contribution in [-0.2, 0) is 6.61 Å². The lowest BCUT2D eigenvalue weighted by atomic mass is 10.2. The molecule has 1 aromatic heterocycles. The molecule has 6 heteroatoms. The zero-order valence-corrected chi connectivity index (χ0v) is 14.6. The predicted molar refractivity (Wildman–Crippen MR) is 102 cm³/mol. The summed E-state index contributed by atoms with van der Waals surface area (Å²) in [7, 11) is 0. The summed E-state index contributed by atoms with van der Waals surface area (Å²) in [4.78, 5) is 15.7. The number of allylic oxidation sites excluding steroid dienone is 2. The zero-order chi connectivity index (χ0) is 17.9. The standard InChI is InChI=1S/C19H19ClN4O/c1-3-19(20)23-9-15(2)16-10-21-12-17(24-14-22-11-16)13-25-18-7-5-4-6-8-18/h3-12,14H,1,13H2,2H3,(H,22,24)/b15-9+,16-11?,17-12?,21-10?,23-19?. The minimum absolute atomic E-state index is 0.324. The fourth-order valence-corrected chi connectivity index (χ4v) is 1.81. The monoisotopic (exact) mass is 354 g/mol. The van der Waals surface area contributed by atoms with Crippen LogP contribution in [-0.4, -0.2) is 20.1 Å². The Morgan fingerprint density at radius 3 is 2.76 bits per heavy atom. The molecule has 0 bridgehead atoms. The van der Waals surface area contributed by atoms with Crippen LogP contribution in [0.5, 0.6) is 5.75 Å². The number of hydrogen-bond acceptors (Lipinski definition) is 4. The molecule has 0 spiro atoms. The lowest BCUT2D eigenvalue weighted by molar-refractivity contribution is 0.301.